The van der Waals surface area contributed by atoms with Crippen molar-refractivity contribution in [3.8, 4) is 0 Å². The van der Waals surface area contributed by atoms with E-state index >= 15 is 0 Å². The molecule has 0 unspecified atom stereocenters. The summed E-state index contributed by atoms with van der Waals surface area (Å²) in [4.78, 5) is 4.25. The van der Waals surface area contributed by atoms with Crippen molar-refractivity contribution >= 4 is 10.9 Å². The van der Waals surface area contributed by atoms with Crippen LogP contribution in [0.2, 0.25) is 0 Å². The fraction of sp³-hybridized carbons (Fsp3) is 0.308. The Morgan fingerprint density at radius 1 is 1.19 bits per heavy atom. The molecular formula is C13H17N2Rb. The third-order valence-corrected chi connectivity index (χ3v) is 2.01. The third kappa shape index (κ3) is 4.72. The molecule has 0 aliphatic heterocycles. The van der Waals surface area contributed by atoms with Crippen molar-refractivity contribution in [3.05, 3.63) is 47.4 Å². The van der Waals surface area contributed by atoms with Crippen molar-refractivity contribution in [2.75, 3.05) is 7.05 Å². The Morgan fingerprint density at radius 2 is 1.94 bits per heavy atom. The average molecular weight is 287 g/mol. The first kappa shape index (κ1) is 16.4. The first-order valence-corrected chi connectivity index (χ1v) is 5.29. The molecule has 0 radical (unpaired) electrons. The molecule has 1 aromatic carbocycles. The summed E-state index contributed by atoms with van der Waals surface area (Å²) in [6.45, 7) is 4.78. The maximum Gasteiger partial charge on any atom is 1.00 e. The standard InChI is InChI=1S/C11H11N2.C2H6.Rb/c1-12-8-9-4-5-11-10(7-9)3-2-6-13-11;1-2;/h2-7H,8H2,1H3;1-2H3;/q-1;;+1. The van der Waals surface area contributed by atoms with Gasteiger partial charge in [0.05, 0.1) is 5.52 Å². The van der Waals surface area contributed by atoms with Gasteiger partial charge in [0.15, 0.2) is 0 Å². The smallest absolute Gasteiger partial charge is 0.661 e. The molecule has 2 rings (SSSR count). The van der Waals surface area contributed by atoms with Crippen LogP contribution in [0.4, 0.5) is 0 Å². The molecule has 2 aromatic rings. The summed E-state index contributed by atoms with van der Waals surface area (Å²) in [6, 6.07) is 10.3. The number of hydrogen-bond acceptors (Lipinski definition) is 1. The van der Waals surface area contributed by atoms with Crippen LogP contribution in [-0.2, 0) is 6.54 Å². The van der Waals surface area contributed by atoms with Crippen molar-refractivity contribution < 1.29 is 58.2 Å². The van der Waals surface area contributed by atoms with Crippen LogP contribution in [0.3, 0.4) is 0 Å². The minimum atomic E-state index is 0. The molecule has 0 atom stereocenters. The van der Waals surface area contributed by atoms with Crippen LogP contribution >= 0.6 is 0 Å². The van der Waals surface area contributed by atoms with E-state index in [1.165, 1.54) is 10.9 Å². The summed E-state index contributed by atoms with van der Waals surface area (Å²) in [5.41, 5.74) is 2.28. The SMILES string of the molecule is CC.C[N-]Cc1ccc2ncccc2c1.[Rb+]. The molecule has 0 amide bonds. The van der Waals surface area contributed by atoms with Gasteiger partial charge in [0.2, 0.25) is 0 Å². The van der Waals surface area contributed by atoms with Crippen molar-refractivity contribution in [2.45, 2.75) is 20.4 Å². The first-order chi connectivity index (χ1) is 7.40. The van der Waals surface area contributed by atoms with E-state index in [1.54, 1.807) is 0 Å². The number of aromatic nitrogens is 1. The Labute approximate surface area is 147 Å². The van der Waals surface area contributed by atoms with E-state index in [2.05, 4.69) is 28.5 Å². The van der Waals surface area contributed by atoms with Gasteiger partial charge in [0, 0.05) is 11.6 Å². The topological polar surface area (TPSA) is 27.0 Å². The molecule has 1 heterocycles. The van der Waals surface area contributed by atoms with E-state index in [0.717, 1.165) is 12.1 Å². The zero-order valence-electron chi connectivity index (χ0n) is 10.6. The molecule has 3 heteroatoms. The fourth-order valence-corrected chi connectivity index (χ4v) is 1.41. The quantitative estimate of drug-likeness (QED) is 0.801. The zero-order valence-corrected chi connectivity index (χ0v) is 15.5. The molecule has 0 saturated heterocycles. The Hall–Kier alpha value is 0.395. The minimum Gasteiger partial charge on any atom is -0.661 e. The second kappa shape index (κ2) is 9.43. The van der Waals surface area contributed by atoms with Gasteiger partial charge in [-0.25, -0.2) is 0 Å². The van der Waals surface area contributed by atoms with Crippen LogP contribution < -0.4 is 58.2 Å². The summed E-state index contributed by atoms with van der Waals surface area (Å²) < 4.78 is 0. The fourth-order valence-electron chi connectivity index (χ4n) is 1.41. The summed E-state index contributed by atoms with van der Waals surface area (Å²) >= 11 is 0. The normalized spacial score (nSPS) is 8.94. The van der Waals surface area contributed by atoms with Gasteiger partial charge in [-0.15, -0.1) is 6.54 Å². The van der Waals surface area contributed by atoms with Crippen LogP contribution in [0.5, 0.6) is 0 Å². The van der Waals surface area contributed by atoms with E-state index < -0.39 is 0 Å². The molecule has 0 spiro atoms. The molecule has 16 heavy (non-hydrogen) atoms. The number of fused-ring (bicyclic) bond motifs is 1. The molecule has 2 nitrogen and oxygen atoms in total. The van der Waals surface area contributed by atoms with Crippen LogP contribution in [-0.4, -0.2) is 12.0 Å². The number of pyridine rings is 1. The van der Waals surface area contributed by atoms with Gasteiger partial charge < -0.3 is 5.32 Å². The molecule has 0 saturated carbocycles. The Bertz CT molecular complexity index is 415. The van der Waals surface area contributed by atoms with E-state index in [-0.39, 0.29) is 58.2 Å². The molecule has 0 fully saturated rings. The van der Waals surface area contributed by atoms with Crippen molar-refractivity contribution in [1.82, 2.24) is 4.98 Å². The predicted octanol–water partition coefficient (Wildman–Crippen LogP) is 0.768. The molecular weight excluding hydrogens is 270 g/mol. The molecule has 1 aromatic heterocycles. The van der Waals surface area contributed by atoms with Crippen molar-refractivity contribution in [2.24, 2.45) is 0 Å². The van der Waals surface area contributed by atoms with Crippen LogP contribution in [0.15, 0.2) is 36.5 Å². The van der Waals surface area contributed by atoms with Crippen LogP contribution in [0.1, 0.15) is 19.4 Å². The second-order valence-electron chi connectivity index (χ2n) is 3.00. The molecule has 0 aliphatic rings. The third-order valence-electron chi connectivity index (χ3n) is 2.01. The van der Waals surface area contributed by atoms with Crippen molar-refractivity contribution in [1.29, 1.82) is 0 Å². The zero-order chi connectivity index (χ0) is 11.1. The maximum atomic E-state index is 4.25. The molecule has 0 bridgehead atoms. The Balaban J connectivity index is 0.000000711. The van der Waals surface area contributed by atoms with Gasteiger partial charge in [-0.05, 0) is 12.1 Å². The van der Waals surface area contributed by atoms with Gasteiger partial charge in [-0.1, -0.05) is 37.6 Å². The molecule has 80 valence electrons. The van der Waals surface area contributed by atoms with Crippen LogP contribution in [0.25, 0.3) is 16.2 Å². The van der Waals surface area contributed by atoms with E-state index in [0.29, 0.717) is 0 Å². The van der Waals surface area contributed by atoms with Crippen molar-refractivity contribution in [3.63, 3.8) is 0 Å². The van der Waals surface area contributed by atoms with Gasteiger partial charge in [-0.3, -0.25) is 4.98 Å². The summed E-state index contributed by atoms with van der Waals surface area (Å²) in [5.74, 6) is 0. The van der Waals surface area contributed by atoms with Gasteiger partial charge in [0.25, 0.3) is 0 Å². The predicted molar refractivity (Wildman–Crippen MR) is 66.1 cm³/mol. The maximum absolute atomic E-state index is 4.25. The summed E-state index contributed by atoms with van der Waals surface area (Å²) in [5, 5.41) is 5.28. The average Bonchev–Trinajstić information content (AvgIpc) is 2.32. The molecule has 0 N–H and O–H groups in total. The van der Waals surface area contributed by atoms with E-state index in [9.17, 15) is 0 Å². The molecule has 0 aliphatic carbocycles. The summed E-state index contributed by atoms with van der Waals surface area (Å²) in [6.07, 6.45) is 1.81. The Morgan fingerprint density at radius 3 is 2.62 bits per heavy atom. The van der Waals surface area contributed by atoms with E-state index in [1.807, 2.05) is 39.2 Å². The van der Waals surface area contributed by atoms with Gasteiger partial charge >= 0.3 is 58.2 Å². The van der Waals surface area contributed by atoms with Crippen LogP contribution in [0, 0.1) is 0 Å². The van der Waals surface area contributed by atoms with Gasteiger partial charge in [-0.2, -0.15) is 7.05 Å². The summed E-state index contributed by atoms with van der Waals surface area (Å²) in [7, 11) is 1.83. The Kier molecular flexibility index (Phi) is 9.66. The monoisotopic (exact) mass is 286 g/mol. The number of rotatable bonds is 2. The largest absolute Gasteiger partial charge is 1.00 e. The number of nitrogens with zero attached hydrogens (tertiary/aromatic N) is 2. The number of hydrogen-bond donors (Lipinski definition) is 0. The first-order valence-electron chi connectivity index (χ1n) is 5.29. The van der Waals surface area contributed by atoms with E-state index in [4.69, 9.17) is 0 Å². The minimum absolute atomic E-state index is 0. The van der Waals surface area contributed by atoms with Gasteiger partial charge in [0.1, 0.15) is 0 Å². The number of benzene rings is 1. The second-order valence-corrected chi connectivity index (χ2v) is 3.00.